The van der Waals surface area contributed by atoms with Crippen molar-refractivity contribution in [3.63, 3.8) is 0 Å². The molecule has 0 bridgehead atoms. The molecule has 2 heteroatoms. The molecule has 2 aliphatic carbocycles. The van der Waals surface area contributed by atoms with Gasteiger partial charge in [-0.3, -0.25) is 0 Å². The van der Waals surface area contributed by atoms with E-state index in [-0.39, 0.29) is 0 Å². The maximum Gasteiger partial charge on any atom is 0.00200 e. The summed E-state index contributed by atoms with van der Waals surface area (Å²) >= 11 is 0. The maximum absolute atomic E-state index is 3.68. The second kappa shape index (κ2) is 6.02. The molecule has 2 N–H and O–H groups in total. The minimum absolute atomic E-state index is 0.626. The molecule has 0 aromatic rings. The molecule has 0 heterocycles. The zero-order chi connectivity index (χ0) is 11.3. The lowest BCUT2D eigenvalue weighted by Gasteiger charge is -2.22. The van der Waals surface area contributed by atoms with Crippen molar-refractivity contribution in [1.29, 1.82) is 0 Å². The molecule has 2 saturated carbocycles. The van der Waals surface area contributed by atoms with Crippen molar-refractivity contribution >= 4 is 0 Å². The van der Waals surface area contributed by atoms with Gasteiger partial charge in [0.2, 0.25) is 0 Å². The van der Waals surface area contributed by atoms with Gasteiger partial charge in [-0.2, -0.15) is 0 Å². The predicted octanol–water partition coefficient (Wildman–Crippen LogP) is 2.55. The van der Waals surface area contributed by atoms with Crippen molar-refractivity contribution in [1.82, 2.24) is 10.6 Å². The summed E-state index contributed by atoms with van der Waals surface area (Å²) in [4.78, 5) is 0. The molecule has 2 aliphatic rings. The highest BCUT2D eigenvalue weighted by Crippen LogP contribution is 2.44. The van der Waals surface area contributed by atoms with Crippen LogP contribution in [0.5, 0.6) is 0 Å². The van der Waals surface area contributed by atoms with Crippen LogP contribution in [0.1, 0.15) is 51.4 Å². The molecule has 2 fully saturated rings. The average molecular weight is 224 g/mol. The standard InChI is InChI=1S/C14H28N2/c1-15-11-14(8-9-14)12-16-10-7-13-5-3-2-4-6-13/h13,15-16H,2-12H2,1H3. The minimum atomic E-state index is 0.626. The van der Waals surface area contributed by atoms with E-state index in [4.69, 9.17) is 0 Å². The van der Waals surface area contributed by atoms with Crippen LogP contribution in [0.2, 0.25) is 0 Å². The summed E-state index contributed by atoms with van der Waals surface area (Å²) in [5.41, 5.74) is 0.626. The molecule has 0 saturated heterocycles. The highest BCUT2D eigenvalue weighted by atomic mass is 14.9. The fraction of sp³-hybridized carbons (Fsp3) is 1.00. The van der Waals surface area contributed by atoms with Crippen molar-refractivity contribution in [2.24, 2.45) is 11.3 Å². The molecule has 0 unspecified atom stereocenters. The van der Waals surface area contributed by atoms with Crippen LogP contribution < -0.4 is 10.6 Å². The lowest BCUT2D eigenvalue weighted by atomic mass is 9.87. The molecule has 0 amide bonds. The van der Waals surface area contributed by atoms with E-state index in [1.807, 2.05) is 0 Å². The third-order valence-corrected chi connectivity index (χ3v) is 4.46. The highest BCUT2D eigenvalue weighted by molar-refractivity contribution is 4.96. The summed E-state index contributed by atoms with van der Waals surface area (Å²) in [6.07, 6.45) is 11.7. The molecule has 0 atom stereocenters. The van der Waals surface area contributed by atoms with E-state index in [1.54, 1.807) is 0 Å². The molecule has 2 nitrogen and oxygen atoms in total. The van der Waals surface area contributed by atoms with Crippen molar-refractivity contribution < 1.29 is 0 Å². The van der Waals surface area contributed by atoms with Crippen LogP contribution in [0.25, 0.3) is 0 Å². The summed E-state index contributed by atoms with van der Waals surface area (Å²) in [5, 5.41) is 7.00. The van der Waals surface area contributed by atoms with Gasteiger partial charge in [-0.25, -0.2) is 0 Å². The van der Waals surface area contributed by atoms with Gasteiger partial charge in [-0.1, -0.05) is 32.1 Å². The summed E-state index contributed by atoms with van der Waals surface area (Å²) in [6.45, 7) is 3.68. The average Bonchev–Trinajstić information content (AvgIpc) is 3.07. The highest BCUT2D eigenvalue weighted by Gasteiger charge is 2.41. The molecule has 0 radical (unpaired) electrons. The number of hydrogen-bond donors (Lipinski definition) is 2. The normalized spacial score (nSPS) is 24.6. The van der Waals surface area contributed by atoms with E-state index in [1.165, 1.54) is 71.0 Å². The second-order valence-corrected chi connectivity index (χ2v) is 6.00. The van der Waals surface area contributed by atoms with Crippen LogP contribution in [-0.4, -0.2) is 26.7 Å². The Morgan fingerprint density at radius 1 is 1.06 bits per heavy atom. The Bertz CT molecular complexity index is 193. The van der Waals surface area contributed by atoms with Crippen LogP contribution in [0.4, 0.5) is 0 Å². The van der Waals surface area contributed by atoms with Gasteiger partial charge < -0.3 is 10.6 Å². The number of rotatable bonds is 7. The van der Waals surface area contributed by atoms with Gasteiger partial charge in [0.15, 0.2) is 0 Å². The Balaban J connectivity index is 1.51. The van der Waals surface area contributed by atoms with Crippen molar-refractivity contribution in [2.75, 3.05) is 26.7 Å². The zero-order valence-electron chi connectivity index (χ0n) is 10.9. The maximum atomic E-state index is 3.68. The Morgan fingerprint density at radius 2 is 1.81 bits per heavy atom. The smallest absolute Gasteiger partial charge is 0.00200 e. The van der Waals surface area contributed by atoms with Gasteiger partial charge in [0.25, 0.3) is 0 Å². The first-order chi connectivity index (χ1) is 7.85. The van der Waals surface area contributed by atoms with E-state index in [0.29, 0.717) is 5.41 Å². The van der Waals surface area contributed by atoms with Gasteiger partial charge in [0.1, 0.15) is 0 Å². The quantitative estimate of drug-likeness (QED) is 0.649. The molecule has 2 rings (SSSR count). The van der Waals surface area contributed by atoms with Gasteiger partial charge >= 0.3 is 0 Å². The predicted molar refractivity (Wildman–Crippen MR) is 69.7 cm³/mol. The van der Waals surface area contributed by atoms with Crippen LogP contribution in [0.15, 0.2) is 0 Å². The summed E-state index contributed by atoms with van der Waals surface area (Å²) in [7, 11) is 2.07. The Labute approximate surface area is 101 Å². The van der Waals surface area contributed by atoms with Crippen LogP contribution >= 0.6 is 0 Å². The zero-order valence-corrected chi connectivity index (χ0v) is 10.9. The fourth-order valence-electron chi connectivity index (χ4n) is 3.10. The van der Waals surface area contributed by atoms with Gasteiger partial charge in [0, 0.05) is 13.1 Å². The molecular weight excluding hydrogens is 196 g/mol. The molecule has 0 spiro atoms. The van der Waals surface area contributed by atoms with E-state index in [2.05, 4.69) is 17.7 Å². The minimum Gasteiger partial charge on any atom is -0.319 e. The first-order valence-corrected chi connectivity index (χ1v) is 7.20. The van der Waals surface area contributed by atoms with Gasteiger partial charge in [-0.15, -0.1) is 0 Å². The van der Waals surface area contributed by atoms with Crippen molar-refractivity contribution in [2.45, 2.75) is 51.4 Å². The monoisotopic (exact) mass is 224 g/mol. The van der Waals surface area contributed by atoms with Crippen molar-refractivity contribution in [3.05, 3.63) is 0 Å². The summed E-state index contributed by atoms with van der Waals surface area (Å²) in [5.74, 6) is 1.03. The number of nitrogens with one attached hydrogen (secondary N) is 2. The van der Waals surface area contributed by atoms with E-state index in [0.717, 1.165) is 5.92 Å². The van der Waals surface area contributed by atoms with Crippen molar-refractivity contribution in [3.8, 4) is 0 Å². The lowest BCUT2D eigenvalue weighted by Crippen LogP contribution is -2.32. The second-order valence-electron chi connectivity index (χ2n) is 6.00. The molecular formula is C14H28N2. The third-order valence-electron chi connectivity index (χ3n) is 4.46. The molecule has 16 heavy (non-hydrogen) atoms. The Hall–Kier alpha value is -0.0800. The van der Waals surface area contributed by atoms with Crippen LogP contribution in [0.3, 0.4) is 0 Å². The van der Waals surface area contributed by atoms with Crippen LogP contribution in [0, 0.1) is 11.3 Å². The largest absolute Gasteiger partial charge is 0.319 e. The summed E-state index contributed by atoms with van der Waals surface area (Å²) < 4.78 is 0. The van der Waals surface area contributed by atoms with E-state index < -0.39 is 0 Å². The van der Waals surface area contributed by atoms with E-state index in [9.17, 15) is 0 Å². The fourth-order valence-corrected chi connectivity index (χ4v) is 3.10. The topological polar surface area (TPSA) is 24.1 Å². The lowest BCUT2D eigenvalue weighted by molar-refractivity contribution is 0.327. The van der Waals surface area contributed by atoms with E-state index >= 15 is 0 Å². The Kier molecular flexibility index (Phi) is 4.66. The molecule has 0 aliphatic heterocycles. The SMILES string of the molecule is CNCC1(CNCCC2CCCCC2)CC1. The third kappa shape index (κ3) is 3.74. The first kappa shape index (κ1) is 12.4. The molecule has 0 aromatic heterocycles. The molecule has 0 aromatic carbocycles. The number of hydrogen-bond acceptors (Lipinski definition) is 2. The van der Waals surface area contributed by atoms with Gasteiger partial charge in [-0.05, 0) is 44.2 Å². The molecule has 94 valence electrons. The summed E-state index contributed by atoms with van der Waals surface area (Å²) in [6, 6.07) is 0. The first-order valence-electron chi connectivity index (χ1n) is 7.20. The Morgan fingerprint density at radius 3 is 2.44 bits per heavy atom. The van der Waals surface area contributed by atoms with Gasteiger partial charge in [0.05, 0.1) is 0 Å². The van der Waals surface area contributed by atoms with Crippen LogP contribution in [-0.2, 0) is 0 Å².